The number of aliphatic hydroxyl groups is 1. The molecule has 130 valence electrons. The predicted molar refractivity (Wildman–Crippen MR) is 97.3 cm³/mol. The number of pyridine rings is 1. The Bertz CT molecular complexity index is 903. The fourth-order valence-corrected chi connectivity index (χ4v) is 2.58. The molecule has 1 atom stereocenters. The summed E-state index contributed by atoms with van der Waals surface area (Å²) >= 11 is 0. The molecular weight excluding hydrogens is 318 g/mol. The average molecular weight is 339 g/mol. The molecule has 3 rings (SSSR count). The highest BCUT2D eigenvalue weighted by Crippen LogP contribution is 2.21. The van der Waals surface area contributed by atoms with Gasteiger partial charge in [-0.25, -0.2) is 9.67 Å². The maximum atomic E-state index is 10.2. The summed E-state index contributed by atoms with van der Waals surface area (Å²) in [6.45, 7) is 3.28. The third kappa shape index (κ3) is 3.44. The molecule has 0 aliphatic heterocycles. The second-order valence-corrected chi connectivity index (χ2v) is 5.63. The molecule has 0 saturated heterocycles. The minimum absolute atomic E-state index is 0.250. The van der Waals surface area contributed by atoms with E-state index in [2.05, 4.69) is 20.5 Å². The number of fused-ring (bicyclic) bond motifs is 1. The molecule has 8 nitrogen and oxygen atoms in total. The number of nitrogens with two attached hydrogens (primary N) is 2. The third-order valence-corrected chi connectivity index (χ3v) is 3.93. The maximum absolute atomic E-state index is 10.2. The monoisotopic (exact) mass is 339 g/mol. The minimum Gasteiger partial charge on any atom is -0.387 e. The average Bonchev–Trinajstić information content (AvgIpc) is 3.08. The normalized spacial score (nSPS) is 13.3. The smallest absolute Gasteiger partial charge is 0.162 e. The van der Waals surface area contributed by atoms with E-state index in [1.807, 2.05) is 37.3 Å². The first-order chi connectivity index (χ1) is 12.1. The van der Waals surface area contributed by atoms with Crippen LogP contribution in [-0.2, 0) is 0 Å². The van der Waals surface area contributed by atoms with Crippen LogP contribution in [0.3, 0.4) is 0 Å². The van der Waals surface area contributed by atoms with Crippen molar-refractivity contribution in [2.45, 2.75) is 13.0 Å². The minimum atomic E-state index is -0.607. The molecule has 0 aliphatic rings. The van der Waals surface area contributed by atoms with Crippen LogP contribution in [0.4, 0.5) is 0 Å². The lowest BCUT2D eigenvalue weighted by Gasteiger charge is -2.11. The Labute approximate surface area is 145 Å². The number of hydrogen-bond acceptors (Lipinski definition) is 6. The van der Waals surface area contributed by atoms with Gasteiger partial charge in [-0.1, -0.05) is 19.1 Å². The molecule has 0 aliphatic carbocycles. The molecular formula is C17H21N7O. The van der Waals surface area contributed by atoms with E-state index in [-0.39, 0.29) is 5.84 Å². The van der Waals surface area contributed by atoms with Crippen molar-refractivity contribution in [1.82, 2.24) is 20.1 Å². The summed E-state index contributed by atoms with van der Waals surface area (Å²) in [6.07, 6.45) is 2.78. The summed E-state index contributed by atoms with van der Waals surface area (Å²) in [5, 5.41) is 22.1. The van der Waals surface area contributed by atoms with Crippen LogP contribution in [0.2, 0.25) is 0 Å². The van der Waals surface area contributed by atoms with Crippen LogP contribution in [0.15, 0.2) is 47.8 Å². The van der Waals surface area contributed by atoms with Crippen LogP contribution in [0.5, 0.6) is 0 Å². The quantitative estimate of drug-likeness (QED) is 0.226. The van der Waals surface area contributed by atoms with Gasteiger partial charge >= 0.3 is 0 Å². The molecule has 2 heterocycles. The molecule has 0 amide bonds. The molecule has 1 unspecified atom stereocenters. The Balaban J connectivity index is 1.96. The second kappa shape index (κ2) is 7.29. The number of hydrogen-bond donors (Lipinski definition) is 4. The molecule has 0 bridgehead atoms. The molecule has 0 saturated carbocycles. The molecule has 0 radical (unpaired) electrons. The fraction of sp³-hybridized carbons (Fsp3) is 0.235. The Morgan fingerprint density at radius 1 is 1.36 bits per heavy atom. The van der Waals surface area contributed by atoms with Gasteiger partial charge in [0.1, 0.15) is 5.84 Å². The van der Waals surface area contributed by atoms with Crippen molar-refractivity contribution in [3.8, 4) is 5.69 Å². The number of nitrogens with zero attached hydrogens (tertiary/aromatic N) is 4. The number of rotatable bonds is 6. The van der Waals surface area contributed by atoms with Gasteiger partial charge in [0.2, 0.25) is 0 Å². The number of likely N-dealkylation sites (N-methyl/N-ethyl adjacent to an activating group) is 1. The van der Waals surface area contributed by atoms with Crippen molar-refractivity contribution in [3.63, 3.8) is 0 Å². The Morgan fingerprint density at radius 3 is 2.96 bits per heavy atom. The molecule has 8 heteroatoms. The third-order valence-electron chi connectivity index (χ3n) is 3.93. The first kappa shape index (κ1) is 16.9. The molecule has 25 heavy (non-hydrogen) atoms. The highest BCUT2D eigenvalue weighted by molar-refractivity contribution is 5.97. The van der Waals surface area contributed by atoms with Gasteiger partial charge in [-0.3, -0.25) is 0 Å². The zero-order valence-corrected chi connectivity index (χ0v) is 13.9. The lowest BCUT2D eigenvalue weighted by Crippen LogP contribution is -2.20. The highest BCUT2D eigenvalue weighted by Gasteiger charge is 2.12. The SMILES string of the molecule is CCNCC(O)c1cnc2c(cnn2-c2cccc(/C(N)=N/N)c2)c1. The second-order valence-electron chi connectivity index (χ2n) is 5.63. The Morgan fingerprint density at radius 2 is 2.20 bits per heavy atom. The van der Waals surface area contributed by atoms with E-state index < -0.39 is 6.10 Å². The van der Waals surface area contributed by atoms with Crippen molar-refractivity contribution in [3.05, 3.63) is 53.9 Å². The molecule has 3 aromatic rings. The number of nitrogens with one attached hydrogen (secondary N) is 1. The van der Waals surface area contributed by atoms with Crippen molar-refractivity contribution in [2.75, 3.05) is 13.1 Å². The maximum Gasteiger partial charge on any atom is 0.162 e. The van der Waals surface area contributed by atoms with Crippen LogP contribution in [0.25, 0.3) is 16.7 Å². The lowest BCUT2D eigenvalue weighted by atomic mass is 10.1. The van der Waals surface area contributed by atoms with E-state index >= 15 is 0 Å². The molecule has 1 aromatic carbocycles. The van der Waals surface area contributed by atoms with E-state index in [1.165, 1.54) is 0 Å². The number of aromatic nitrogens is 3. The number of hydrazone groups is 1. The molecule has 0 spiro atoms. The summed E-state index contributed by atoms with van der Waals surface area (Å²) in [4.78, 5) is 4.47. The molecule has 6 N–H and O–H groups in total. The van der Waals surface area contributed by atoms with Crippen molar-refractivity contribution in [1.29, 1.82) is 0 Å². The van der Waals surface area contributed by atoms with Crippen LogP contribution in [0.1, 0.15) is 24.2 Å². The van der Waals surface area contributed by atoms with Crippen LogP contribution in [0, 0.1) is 0 Å². The zero-order valence-electron chi connectivity index (χ0n) is 13.9. The first-order valence-electron chi connectivity index (χ1n) is 8.00. The largest absolute Gasteiger partial charge is 0.387 e. The van der Waals surface area contributed by atoms with Crippen molar-refractivity contribution >= 4 is 16.9 Å². The standard InChI is InChI=1S/C17H21N7O/c1-2-20-10-15(25)12-6-13-9-22-24(17(13)21-8-12)14-5-3-4-11(7-14)16(18)23-19/h3-9,15,20,25H,2,10,19H2,1H3,(H2,18,23). The summed E-state index contributed by atoms with van der Waals surface area (Å²) < 4.78 is 1.71. The van der Waals surface area contributed by atoms with Crippen LogP contribution in [-0.4, -0.2) is 38.8 Å². The van der Waals surface area contributed by atoms with E-state index in [4.69, 9.17) is 11.6 Å². The summed E-state index contributed by atoms with van der Waals surface area (Å²) in [7, 11) is 0. The van der Waals surface area contributed by atoms with Crippen molar-refractivity contribution < 1.29 is 5.11 Å². The predicted octanol–water partition coefficient (Wildman–Crippen LogP) is 0.642. The van der Waals surface area contributed by atoms with Gasteiger partial charge in [-0.2, -0.15) is 10.2 Å². The van der Waals surface area contributed by atoms with Crippen molar-refractivity contribution in [2.24, 2.45) is 16.7 Å². The van der Waals surface area contributed by atoms with Gasteiger partial charge in [-0.15, -0.1) is 0 Å². The first-order valence-corrected chi connectivity index (χ1v) is 8.00. The van der Waals surface area contributed by atoms with Gasteiger partial charge < -0.3 is 22.0 Å². The molecule has 0 fully saturated rings. The topological polar surface area (TPSA) is 127 Å². The van der Waals surface area contributed by atoms with Gasteiger partial charge in [0.15, 0.2) is 5.65 Å². The number of aliphatic hydroxyl groups excluding tert-OH is 1. The summed E-state index contributed by atoms with van der Waals surface area (Å²) in [5.74, 6) is 5.49. The summed E-state index contributed by atoms with van der Waals surface area (Å²) in [6, 6.07) is 9.31. The zero-order chi connectivity index (χ0) is 17.8. The van der Waals surface area contributed by atoms with E-state index in [0.717, 1.165) is 23.2 Å². The van der Waals surface area contributed by atoms with E-state index in [9.17, 15) is 5.11 Å². The fourth-order valence-electron chi connectivity index (χ4n) is 2.58. The highest BCUT2D eigenvalue weighted by atomic mass is 16.3. The molecule has 2 aromatic heterocycles. The van der Waals surface area contributed by atoms with Gasteiger partial charge in [-0.05, 0) is 24.7 Å². The Hall–Kier alpha value is -2.97. The summed E-state index contributed by atoms with van der Waals surface area (Å²) in [5.41, 5.74) is 8.72. The van der Waals surface area contributed by atoms with E-state index in [0.29, 0.717) is 17.8 Å². The van der Waals surface area contributed by atoms with Gasteiger partial charge in [0, 0.05) is 29.3 Å². The van der Waals surface area contributed by atoms with Gasteiger partial charge in [0.25, 0.3) is 0 Å². The van der Waals surface area contributed by atoms with E-state index in [1.54, 1.807) is 17.1 Å². The lowest BCUT2D eigenvalue weighted by molar-refractivity contribution is 0.175. The van der Waals surface area contributed by atoms with Gasteiger partial charge in [0.05, 0.1) is 18.0 Å². The van der Waals surface area contributed by atoms with Crippen LogP contribution < -0.4 is 16.9 Å². The number of amidine groups is 1. The van der Waals surface area contributed by atoms with Crippen LogP contribution >= 0.6 is 0 Å². The Kier molecular flexibility index (Phi) is 4.92. The number of benzene rings is 1.